The van der Waals surface area contributed by atoms with Crippen LogP contribution in [0.5, 0.6) is 17.2 Å². The van der Waals surface area contributed by atoms with Crippen molar-refractivity contribution in [1.29, 1.82) is 0 Å². The molecule has 0 unspecified atom stereocenters. The Morgan fingerprint density at radius 3 is 2.18 bits per heavy atom. The number of nitrogens with one attached hydrogen (secondary N) is 1. The lowest BCUT2D eigenvalue weighted by Crippen LogP contribution is -2.51. The van der Waals surface area contributed by atoms with E-state index in [9.17, 15) is 9.59 Å². The highest BCUT2D eigenvalue weighted by atomic mass is 35.5. The summed E-state index contributed by atoms with van der Waals surface area (Å²) in [6.07, 6.45) is 5.39. The zero-order chi connectivity index (χ0) is 24.5. The van der Waals surface area contributed by atoms with Gasteiger partial charge in [-0.05, 0) is 37.5 Å². The molecule has 2 amide bonds. The summed E-state index contributed by atoms with van der Waals surface area (Å²) in [6.45, 7) is 1.78. The second kappa shape index (κ2) is 12.5. The summed E-state index contributed by atoms with van der Waals surface area (Å²) in [6, 6.07) is 11.8. The second-order valence-corrected chi connectivity index (χ2v) is 8.94. The molecule has 1 fully saturated rings. The summed E-state index contributed by atoms with van der Waals surface area (Å²) in [5.74, 6) is 1.09. The second-order valence-electron chi connectivity index (χ2n) is 8.50. The molecule has 0 radical (unpaired) electrons. The van der Waals surface area contributed by atoms with Gasteiger partial charge in [-0.3, -0.25) is 9.59 Å². The van der Waals surface area contributed by atoms with Gasteiger partial charge in [0.05, 0.1) is 14.2 Å². The predicted octanol–water partition coefficient (Wildman–Crippen LogP) is 4.60. The van der Waals surface area contributed by atoms with Crippen LogP contribution in [0.25, 0.3) is 0 Å². The van der Waals surface area contributed by atoms with Crippen LogP contribution in [-0.2, 0) is 16.1 Å². The fourth-order valence-electron chi connectivity index (χ4n) is 4.03. The van der Waals surface area contributed by atoms with Crippen LogP contribution in [0, 0.1) is 0 Å². The zero-order valence-corrected chi connectivity index (χ0v) is 20.8. The van der Waals surface area contributed by atoms with E-state index >= 15 is 0 Å². The molecule has 0 heterocycles. The molecular weight excluding hydrogens is 456 g/mol. The average Bonchev–Trinajstić information content (AvgIpc) is 2.86. The third-order valence-electron chi connectivity index (χ3n) is 6.07. The number of rotatable bonds is 10. The molecule has 34 heavy (non-hydrogen) atoms. The van der Waals surface area contributed by atoms with E-state index in [2.05, 4.69) is 5.32 Å². The van der Waals surface area contributed by atoms with Crippen LogP contribution < -0.4 is 19.5 Å². The molecular formula is C26H33ClN2O5. The van der Waals surface area contributed by atoms with Gasteiger partial charge in [0.2, 0.25) is 5.91 Å². The van der Waals surface area contributed by atoms with Crippen LogP contribution >= 0.6 is 11.6 Å². The first-order valence-electron chi connectivity index (χ1n) is 11.6. The summed E-state index contributed by atoms with van der Waals surface area (Å²) in [4.78, 5) is 27.9. The minimum Gasteiger partial charge on any atom is -0.496 e. The molecule has 1 N–H and O–H groups in total. The summed E-state index contributed by atoms with van der Waals surface area (Å²) >= 11 is 6.01. The lowest BCUT2D eigenvalue weighted by Gasteiger charge is -2.31. The molecule has 0 aliphatic heterocycles. The third-order valence-corrected chi connectivity index (χ3v) is 6.32. The van der Waals surface area contributed by atoms with Crippen molar-refractivity contribution < 1.29 is 23.8 Å². The van der Waals surface area contributed by atoms with Crippen LogP contribution in [-0.4, -0.2) is 49.6 Å². The van der Waals surface area contributed by atoms with Gasteiger partial charge in [-0.15, -0.1) is 0 Å². The van der Waals surface area contributed by atoms with Crippen LogP contribution in [0.4, 0.5) is 0 Å². The van der Waals surface area contributed by atoms with Crippen molar-refractivity contribution in [3.05, 3.63) is 53.1 Å². The Hall–Kier alpha value is -2.93. The Labute approximate surface area is 206 Å². The highest BCUT2D eigenvalue weighted by molar-refractivity contribution is 6.30. The van der Waals surface area contributed by atoms with Crippen LogP contribution in [0.1, 0.15) is 44.6 Å². The quantitative estimate of drug-likeness (QED) is 0.528. The van der Waals surface area contributed by atoms with Gasteiger partial charge >= 0.3 is 0 Å². The van der Waals surface area contributed by atoms with Crippen molar-refractivity contribution in [3.8, 4) is 17.2 Å². The minimum absolute atomic E-state index is 0.155. The molecule has 2 aromatic rings. The van der Waals surface area contributed by atoms with E-state index in [4.69, 9.17) is 25.8 Å². The molecule has 1 atom stereocenters. The van der Waals surface area contributed by atoms with E-state index < -0.39 is 6.04 Å². The average molecular weight is 489 g/mol. The van der Waals surface area contributed by atoms with Crippen molar-refractivity contribution in [3.63, 3.8) is 0 Å². The molecule has 1 aliphatic carbocycles. The van der Waals surface area contributed by atoms with Gasteiger partial charge in [0.25, 0.3) is 5.91 Å². The molecule has 0 aromatic heterocycles. The van der Waals surface area contributed by atoms with E-state index in [1.54, 1.807) is 56.4 Å². The highest BCUT2D eigenvalue weighted by Gasteiger charge is 2.28. The summed E-state index contributed by atoms with van der Waals surface area (Å²) in [5, 5.41) is 3.74. The summed E-state index contributed by atoms with van der Waals surface area (Å²) in [7, 11) is 3.09. The standard InChI is InChI=1S/C26H33ClN2O5/c1-18(26(31)28-21-7-5-4-6-8-21)29(16-19-9-11-20(27)12-10-19)25(30)17-34-24-14-22(32-2)13-23(15-24)33-3/h9-15,18,21H,4-8,16-17H2,1-3H3,(H,28,31)/t18-/m0/s1. The van der Waals surface area contributed by atoms with Gasteiger partial charge in [0.15, 0.2) is 6.61 Å². The number of methoxy groups -OCH3 is 2. The Morgan fingerprint density at radius 2 is 1.59 bits per heavy atom. The first-order valence-corrected chi connectivity index (χ1v) is 12.0. The van der Waals surface area contributed by atoms with E-state index in [1.807, 2.05) is 12.1 Å². The van der Waals surface area contributed by atoms with Crippen molar-refractivity contribution in [1.82, 2.24) is 10.2 Å². The summed E-state index contributed by atoms with van der Waals surface area (Å²) < 4.78 is 16.3. The van der Waals surface area contributed by atoms with E-state index in [0.29, 0.717) is 22.3 Å². The smallest absolute Gasteiger partial charge is 0.261 e. The normalized spacial score (nSPS) is 14.7. The van der Waals surface area contributed by atoms with Crippen molar-refractivity contribution in [2.24, 2.45) is 0 Å². The van der Waals surface area contributed by atoms with Crippen molar-refractivity contribution in [2.45, 2.75) is 57.7 Å². The molecule has 8 heteroatoms. The number of nitrogens with zero attached hydrogens (tertiary/aromatic N) is 1. The van der Waals surface area contributed by atoms with E-state index in [0.717, 1.165) is 31.2 Å². The Morgan fingerprint density at radius 1 is 1.00 bits per heavy atom. The van der Waals surface area contributed by atoms with E-state index in [-0.39, 0.29) is 31.0 Å². The van der Waals surface area contributed by atoms with Crippen LogP contribution in [0.3, 0.4) is 0 Å². The molecule has 2 aromatic carbocycles. The topological polar surface area (TPSA) is 77.1 Å². The fourth-order valence-corrected chi connectivity index (χ4v) is 4.16. The molecule has 1 saturated carbocycles. The monoisotopic (exact) mass is 488 g/mol. The number of amides is 2. The Bertz CT molecular complexity index is 938. The maximum Gasteiger partial charge on any atom is 0.261 e. The van der Waals surface area contributed by atoms with Gasteiger partial charge in [-0.2, -0.15) is 0 Å². The van der Waals surface area contributed by atoms with Crippen LogP contribution in [0.15, 0.2) is 42.5 Å². The van der Waals surface area contributed by atoms with Gasteiger partial charge in [-0.25, -0.2) is 0 Å². The molecule has 1 aliphatic rings. The molecule has 0 spiro atoms. The predicted molar refractivity (Wildman–Crippen MR) is 132 cm³/mol. The lowest BCUT2D eigenvalue weighted by molar-refractivity contribution is -0.142. The molecule has 0 bridgehead atoms. The van der Waals surface area contributed by atoms with E-state index in [1.165, 1.54) is 6.42 Å². The number of carbonyl (C=O) groups is 2. The molecule has 3 rings (SSSR count). The first-order chi connectivity index (χ1) is 16.4. The number of ether oxygens (including phenoxy) is 3. The largest absolute Gasteiger partial charge is 0.496 e. The fraction of sp³-hybridized carbons (Fsp3) is 0.462. The van der Waals surface area contributed by atoms with Gasteiger partial charge < -0.3 is 24.4 Å². The Kier molecular flexibility index (Phi) is 9.45. The highest BCUT2D eigenvalue weighted by Crippen LogP contribution is 2.27. The van der Waals surface area contributed by atoms with Gasteiger partial charge in [0.1, 0.15) is 23.3 Å². The third kappa shape index (κ3) is 7.29. The molecule has 184 valence electrons. The number of benzene rings is 2. The lowest BCUT2D eigenvalue weighted by atomic mass is 9.95. The Balaban J connectivity index is 1.73. The number of hydrogen-bond acceptors (Lipinski definition) is 5. The SMILES string of the molecule is COc1cc(OC)cc(OCC(=O)N(Cc2ccc(Cl)cc2)[C@@H](C)C(=O)NC2CCCCC2)c1. The van der Waals surface area contributed by atoms with Gasteiger partial charge in [-0.1, -0.05) is 43.0 Å². The van der Waals surface area contributed by atoms with Gasteiger partial charge in [0, 0.05) is 35.8 Å². The minimum atomic E-state index is -0.659. The maximum atomic E-state index is 13.3. The zero-order valence-electron chi connectivity index (χ0n) is 20.0. The van der Waals surface area contributed by atoms with Crippen LogP contribution in [0.2, 0.25) is 5.02 Å². The maximum absolute atomic E-state index is 13.3. The summed E-state index contributed by atoms with van der Waals surface area (Å²) in [5.41, 5.74) is 0.873. The molecule has 0 saturated heterocycles. The first kappa shape index (κ1) is 25.7. The number of hydrogen-bond donors (Lipinski definition) is 1. The van der Waals surface area contributed by atoms with Crippen molar-refractivity contribution in [2.75, 3.05) is 20.8 Å². The number of halogens is 1. The van der Waals surface area contributed by atoms with Crippen molar-refractivity contribution >= 4 is 23.4 Å². The molecule has 7 nitrogen and oxygen atoms in total. The number of carbonyl (C=O) groups excluding carboxylic acids is 2.